The zero-order valence-corrected chi connectivity index (χ0v) is 10.6. The van der Waals surface area contributed by atoms with E-state index in [0.717, 1.165) is 26.2 Å². The van der Waals surface area contributed by atoms with Crippen LogP contribution in [0.4, 0.5) is 0 Å². The smallest absolute Gasteiger partial charge is 0.0689 e. The quantitative estimate of drug-likeness (QED) is 0.724. The fourth-order valence-electron chi connectivity index (χ4n) is 3.00. The van der Waals surface area contributed by atoms with Gasteiger partial charge in [0.15, 0.2) is 0 Å². The predicted molar refractivity (Wildman–Crippen MR) is 67.6 cm³/mol. The molecule has 0 spiro atoms. The SMILES string of the molecule is CCC1(CNCC2=CCCOC2)CCCC1. The molecule has 1 aliphatic heterocycles. The molecule has 0 aromatic heterocycles. The molecular weight excluding hydrogens is 198 g/mol. The van der Waals surface area contributed by atoms with Crippen LogP contribution >= 0.6 is 0 Å². The van der Waals surface area contributed by atoms with Gasteiger partial charge < -0.3 is 10.1 Å². The van der Waals surface area contributed by atoms with Crippen LogP contribution in [0, 0.1) is 5.41 Å². The van der Waals surface area contributed by atoms with E-state index in [-0.39, 0.29) is 0 Å². The summed E-state index contributed by atoms with van der Waals surface area (Å²) in [6.07, 6.45) is 10.5. The van der Waals surface area contributed by atoms with E-state index in [1.807, 2.05) is 0 Å². The van der Waals surface area contributed by atoms with Crippen molar-refractivity contribution in [1.82, 2.24) is 5.32 Å². The molecule has 1 N–H and O–H groups in total. The Labute approximate surface area is 99.4 Å². The summed E-state index contributed by atoms with van der Waals surface area (Å²) in [5.74, 6) is 0. The highest BCUT2D eigenvalue weighted by Crippen LogP contribution is 2.40. The lowest BCUT2D eigenvalue weighted by molar-refractivity contribution is 0.148. The van der Waals surface area contributed by atoms with Crippen LogP contribution in [0.3, 0.4) is 0 Å². The van der Waals surface area contributed by atoms with Crippen LogP contribution < -0.4 is 5.32 Å². The molecule has 1 heterocycles. The first-order valence-corrected chi connectivity index (χ1v) is 6.81. The maximum absolute atomic E-state index is 5.45. The highest BCUT2D eigenvalue weighted by molar-refractivity contribution is 5.07. The molecule has 16 heavy (non-hydrogen) atoms. The van der Waals surface area contributed by atoms with Gasteiger partial charge in [0.05, 0.1) is 13.2 Å². The molecule has 2 aliphatic rings. The second-order valence-electron chi connectivity index (χ2n) is 5.37. The maximum Gasteiger partial charge on any atom is 0.0689 e. The molecule has 0 amide bonds. The van der Waals surface area contributed by atoms with Crippen molar-refractivity contribution in [2.75, 3.05) is 26.3 Å². The molecule has 0 aromatic carbocycles. The summed E-state index contributed by atoms with van der Waals surface area (Å²) in [4.78, 5) is 0. The van der Waals surface area contributed by atoms with Gasteiger partial charge in [0.1, 0.15) is 0 Å². The van der Waals surface area contributed by atoms with Crippen LogP contribution in [0.25, 0.3) is 0 Å². The van der Waals surface area contributed by atoms with Crippen molar-refractivity contribution in [3.63, 3.8) is 0 Å². The molecular formula is C14H25NO. The average Bonchev–Trinajstić information content (AvgIpc) is 2.80. The Hall–Kier alpha value is -0.340. The van der Waals surface area contributed by atoms with Crippen molar-refractivity contribution < 1.29 is 4.74 Å². The summed E-state index contributed by atoms with van der Waals surface area (Å²) >= 11 is 0. The summed E-state index contributed by atoms with van der Waals surface area (Å²) < 4.78 is 5.45. The summed E-state index contributed by atoms with van der Waals surface area (Å²) in [6.45, 7) is 6.31. The van der Waals surface area contributed by atoms with Crippen molar-refractivity contribution in [3.05, 3.63) is 11.6 Å². The van der Waals surface area contributed by atoms with Crippen molar-refractivity contribution in [2.45, 2.75) is 45.4 Å². The molecule has 2 heteroatoms. The molecule has 0 radical (unpaired) electrons. The lowest BCUT2D eigenvalue weighted by atomic mass is 9.83. The van der Waals surface area contributed by atoms with Gasteiger partial charge in [0.2, 0.25) is 0 Å². The molecule has 1 fully saturated rings. The number of ether oxygens (including phenoxy) is 1. The minimum absolute atomic E-state index is 0.607. The summed E-state index contributed by atoms with van der Waals surface area (Å²) in [5.41, 5.74) is 2.05. The molecule has 92 valence electrons. The van der Waals surface area contributed by atoms with Gasteiger partial charge in [0, 0.05) is 13.1 Å². The van der Waals surface area contributed by atoms with E-state index in [1.165, 1.54) is 44.2 Å². The molecule has 0 aromatic rings. The van der Waals surface area contributed by atoms with E-state index in [2.05, 4.69) is 18.3 Å². The van der Waals surface area contributed by atoms with Crippen LogP contribution in [0.1, 0.15) is 45.4 Å². The van der Waals surface area contributed by atoms with E-state index in [9.17, 15) is 0 Å². The lowest BCUT2D eigenvalue weighted by Gasteiger charge is -2.28. The van der Waals surface area contributed by atoms with E-state index in [4.69, 9.17) is 4.74 Å². The Balaban J connectivity index is 1.72. The van der Waals surface area contributed by atoms with Gasteiger partial charge in [-0.05, 0) is 36.7 Å². The highest BCUT2D eigenvalue weighted by atomic mass is 16.5. The van der Waals surface area contributed by atoms with Gasteiger partial charge in [-0.15, -0.1) is 0 Å². The minimum atomic E-state index is 0.607. The third kappa shape index (κ3) is 3.08. The third-order valence-corrected chi connectivity index (χ3v) is 4.25. The topological polar surface area (TPSA) is 21.3 Å². The molecule has 0 bridgehead atoms. The largest absolute Gasteiger partial charge is 0.377 e. The Morgan fingerprint density at radius 1 is 1.38 bits per heavy atom. The van der Waals surface area contributed by atoms with E-state index < -0.39 is 0 Å². The van der Waals surface area contributed by atoms with Gasteiger partial charge >= 0.3 is 0 Å². The fraction of sp³-hybridized carbons (Fsp3) is 0.857. The van der Waals surface area contributed by atoms with Crippen molar-refractivity contribution in [2.24, 2.45) is 5.41 Å². The van der Waals surface area contributed by atoms with E-state index in [0.29, 0.717) is 5.41 Å². The maximum atomic E-state index is 5.45. The Morgan fingerprint density at radius 3 is 2.81 bits per heavy atom. The Kier molecular flexibility index (Phi) is 4.42. The van der Waals surface area contributed by atoms with Crippen LogP contribution in [0.15, 0.2) is 11.6 Å². The number of hydrogen-bond donors (Lipinski definition) is 1. The summed E-state index contributed by atoms with van der Waals surface area (Å²) in [7, 11) is 0. The number of rotatable bonds is 5. The van der Waals surface area contributed by atoms with Crippen molar-refractivity contribution in [1.29, 1.82) is 0 Å². The first-order valence-electron chi connectivity index (χ1n) is 6.81. The molecule has 0 atom stereocenters. The summed E-state index contributed by atoms with van der Waals surface area (Å²) in [6, 6.07) is 0. The van der Waals surface area contributed by atoms with Crippen LogP contribution in [-0.2, 0) is 4.74 Å². The van der Waals surface area contributed by atoms with Crippen LogP contribution in [0.2, 0.25) is 0 Å². The Morgan fingerprint density at radius 2 is 2.19 bits per heavy atom. The molecule has 0 saturated heterocycles. The average molecular weight is 223 g/mol. The zero-order valence-electron chi connectivity index (χ0n) is 10.6. The number of hydrogen-bond acceptors (Lipinski definition) is 2. The Bertz CT molecular complexity index is 241. The van der Waals surface area contributed by atoms with Gasteiger partial charge in [-0.2, -0.15) is 0 Å². The third-order valence-electron chi connectivity index (χ3n) is 4.25. The summed E-state index contributed by atoms with van der Waals surface area (Å²) in [5, 5.41) is 3.64. The van der Waals surface area contributed by atoms with Gasteiger partial charge in [-0.1, -0.05) is 25.8 Å². The van der Waals surface area contributed by atoms with E-state index in [1.54, 1.807) is 0 Å². The normalized spacial score (nSPS) is 24.4. The van der Waals surface area contributed by atoms with Gasteiger partial charge in [-0.3, -0.25) is 0 Å². The molecule has 1 aliphatic carbocycles. The van der Waals surface area contributed by atoms with Gasteiger partial charge in [-0.25, -0.2) is 0 Å². The first kappa shape index (κ1) is 12.1. The monoisotopic (exact) mass is 223 g/mol. The van der Waals surface area contributed by atoms with Crippen LogP contribution in [0.5, 0.6) is 0 Å². The van der Waals surface area contributed by atoms with E-state index >= 15 is 0 Å². The second kappa shape index (κ2) is 5.83. The first-order chi connectivity index (χ1) is 7.85. The van der Waals surface area contributed by atoms with Crippen molar-refractivity contribution in [3.8, 4) is 0 Å². The van der Waals surface area contributed by atoms with Crippen LogP contribution in [-0.4, -0.2) is 26.3 Å². The molecule has 1 saturated carbocycles. The second-order valence-corrected chi connectivity index (χ2v) is 5.37. The van der Waals surface area contributed by atoms with Gasteiger partial charge in [0.25, 0.3) is 0 Å². The lowest BCUT2D eigenvalue weighted by Crippen LogP contribution is -2.33. The standard InChI is InChI=1S/C14H25NO/c1-2-14(7-3-4-8-14)12-15-10-13-6-5-9-16-11-13/h6,15H,2-5,7-12H2,1H3. The fourth-order valence-corrected chi connectivity index (χ4v) is 3.00. The zero-order chi connectivity index (χ0) is 11.3. The molecule has 0 unspecified atom stereocenters. The van der Waals surface area contributed by atoms with Crippen molar-refractivity contribution >= 4 is 0 Å². The number of nitrogens with one attached hydrogen (secondary N) is 1. The molecule has 2 nitrogen and oxygen atoms in total. The minimum Gasteiger partial charge on any atom is -0.377 e. The highest BCUT2D eigenvalue weighted by Gasteiger charge is 2.31. The molecule has 2 rings (SSSR count). The predicted octanol–water partition coefficient (Wildman–Crippen LogP) is 2.89.